The highest BCUT2D eigenvalue weighted by Crippen LogP contribution is 2.40. The summed E-state index contributed by atoms with van der Waals surface area (Å²) in [6, 6.07) is 10.5. The second-order valence-corrected chi connectivity index (χ2v) is 16.7. The van der Waals surface area contributed by atoms with Gasteiger partial charge in [-0.1, -0.05) is 44.7 Å². The molecule has 17 heteroatoms. The van der Waals surface area contributed by atoms with Crippen molar-refractivity contribution in [2.45, 2.75) is 122 Å². The van der Waals surface area contributed by atoms with Crippen LogP contribution in [0.3, 0.4) is 0 Å². The fourth-order valence-corrected chi connectivity index (χ4v) is 8.36. The van der Waals surface area contributed by atoms with Crippen molar-refractivity contribution < 1.29 is 33.5 Å². The third kappa shape index (κ3) is 13.3. The van der Waals surface area contributed by atoms with Gasteiger partial charge < -0.3 is 35.8 Å². The summed E-state index contributed by atoms with van der Waals surface area (Å²) in [5.41, 5.74) is 3.59. The number of aromatic nitrogens is 2. The zero-order chi connectivity index (χ0) is 46.0. The van der Waals surface area contributed by atoms with Gasteiger partial charge in [-0.25, -0.2) is 4.98 Å². The van der Waals surface area contributed by atoms with E-state index in [0.29, 0.717) is 84.2 Å². The molecule has 17 nitrogen and oxygen atoms in total. The first-order chi connectivity index (χ1) is 31.0. The summed E-state index contributed by atoms with van der Waals surface area (Å²) in [7, 11) is 5.22. The number of hydrogen-bond donors (Lipinski definition) is 5. The van der Waals surface area contributed by atoms with Gasteiger partial charge >= 0.3 is 0 Å². The van der Waals surface area contributed by atoms with Crippen molar-refractivity contribution in [3.05, 3.63) is 59.3 Å². The fourth-order valence-electron chi connectivity index (χ4n) is 8.36. The van der Waals surface area contributed by atoms with Crippen LogP contribution in [0.4, 0.5) is 28.8 Å². The van der Waals surface area contributed by atoms with E-state index in [1.54, 1.807) is 61.7 Å². The fraction of sp³-hybridized carbons (Fsp3) is 0.532. The van der Waals surface area contributed by atoms with Crippen molar-refractivity contribution in [1.82, 2.24) is 30.8 Å². The van der Waals surface area contributed by atoms with Crippen molar-refractivity contribution in [3.8, 4) is 5.75 Å². The van der Waals surface area contributed by atoms with Crippen LogP contribution in [0, 0.1) is 0 Å². The number of likely N-dealkylation sites (N-methyl/N-ethyl adjacent to an activating group) is 1. The lowest BCUT2D eigenvalue weighted by Crippen LogP contribution is -2.55. The predicted octanol–water partition coefficient (Wildman–Crippen LogP) is 5.72. The molecule has 2 unspecified atom stereocenters. The molecule has 2 aliphatic rings. The minimum Gasteiger partial charge on any atom is -0.495 e. The number of carbonyl (C=O) groups excluding carboxylic acids is 6. The molecule has 0 bridgehead atoms. The van der Waals surface area contributed by atoms with Gasteiger partial charge in [0.15, 0.2) is 5.82 Å². The molecule has 1 aromatic heterocycles. The highest BCUT2D eigenvalue weighted by molar-refractivity contribution is 6.04. The Bertz CT molecular complexity index is 2080. The smallest absolute Gasteiger partial charge is 0.251 e. The summed E-state index contributed by atoms with van der Waals surface area (Å²) in [6.45, 7) is 6.50. The Labute approximate surface area is 376 Å². The van der Waals surface area contributed by atoms with E-state index in [1.165, 1.54) is 0 Å². The van der Waals surface area contributed by atoms with E-state index in [-0.39, 0.29) is 48.2 Å². The maximum absolute atomic E-state index is 13.3. The molecule has 2 aromatic carbocycles. The van der Waals surface area contributed by atoms with Crippen LogP contribution in [-0.2, 0) is 25.7 Å². The summed E-state index contributed by atoms with van der Waals surface area (Å²) in [6.07, 6.45) is 13.3. The van der Waals surface area contributed by atoms with Crippen LogP contribution >= 0.6 is 0 Å². The summed E-state index contributed by atoms with van der Waals surface area (Å²) in [5, 5.41) is 14.8. The first kappa shape index (κ1) is 49.1. The minimum absolute atomic E-state index is 0.00897. The third-order valence-corrected chi connectivity index (χ3v) is 12.2. The van der Waals surface area contributed by atoms with Crippen molar-refractivity contribution in [1.29, 1.82) is 0 Å². The number of anilines is 5. The summed E-state index contributed by atoms with van der Waals surface area (Å²) in [5.74, 6) is 1.02. The van der Waals surface area contributed by atoms with E-state index in [0.717, 1.165) is 83.0 Å². The van der Waals surface area contributed by atoms with Gasteiger partial charge in [-0.05, 0) is 96.3 Å². The second-order valence-electron chi connectivity index (χ2n) is 16.7. The van der Waals surface area contributed by atoms with Crippen molar-refractivity contribution in [2.24, 2.45) is 0 Å². The van der Waals surface area contributed by atoms with Gasteiger partial charge in [0.2, 0.25) is 30.1 Å². The predicted molar refractivity (Wildman–Crippen MR) is 248 cm³/mol. The van der Waals surface area contributed by atoms with Crippen LogP contribution in [-0.4, -0.2) is 110 Å². The molecule has 1 aliphatic heterocycles. The lowest BCUT2D eigenvalue weighted by Gasteiger charge is -2.43. The van der Waals surface area contributed by atoms with Gasteiger partial charge in [0.05, 0.1) is 19.0 Å². The number of nitrogens with one attached hydrogen (secondary N) is 5. The third-order valence-electron chi connectivity index (χ3n) is 12.2. The number of imide groups is 1. The van der Waals surface area contributed by atoms with Crippen molar-refractivity contribution >= 4 is 65.2 Å². The lowest BCUT2D eigenvalue weighted by molar-refractivity contribution is -0.125. The van der Waals surface area contributed by atoms with E-state index < -0.39 is 0 Å². The summed E-state index contributed by atoms with van der Waals surface area (Å²) in [4.78, 5) is 88.6. The van der Waals surface area contributed by atoms with Crippen molar-refractivity contribution in [2.75, 3.05) is 61.3 Å². The average molecular weight is 883 g/mol. The van der Waals surface area contributed by atoms with Gasteiger partial charge in [0.25, 0.3) is 5.91 Å². The van der Waals surface area contributed by atoms with Crippen LogP contribution in [0.15, 0.2) is 42.6 Å². The molecule has 1 aliphatic carbocycles. The molecule has 1 fully saturated rings. The quantitative estimate of drug-likeness (QED) is 0.0484. The Morgan fingerprint density at radius 2 is 1.73 bits per heavy atom. The van der Waals surface area contributed by atoms with Crippen LogP contribution in [0.5, 0.6) is 5.75 Å². The maximum atomic E-state index is 13.3. The number of fused-ring (bicyclic) bond motifs is 1. The number of aldehydes is 1. The topological polar surface area (TPSA) is 207 Å². The van der Waals surface area contributed by atoms with E-state index in [2.05, 4.69) is 36.5 Å². The first-order valence-electron chi connectivity index (χ1n) is 22.7. The molecule has 346 valence electrons. The molecular formula is C47H66N10O7. The minimum atomic E-state index is -0.341. The number of ether oxygens (including phenoxy) is 1. The monoisotopic (exact) mass is 883 g/mol. The normalized spacial score (nSPS) is 15.4. The summed E-state index contributed by atoms with van der Waals surface area (Å²) >= 11 is 0. The number of hydrogen-bond acceptors (Lipinski definition) is 13. The number of benzene rings is 2. The molecule has 5 N–H and O–H groups in total. The molecule has 1 saturated carbocycles. The number of nitrogens with zero attached hydrogens (tertiary/aromatic N) is 5. The molecule has 5 amide bonds. The molecule has 0 saturated heterocycles. The molecule has 3 aromatic rings. The molecule has 2 atom stereocenters. The molecule has 5 rings (SSSR count). The Morgan fingerprint density at radius 1 is 0.969 bits per heavy atom. The molecule has 0 spiro atoms. The van der Waals surface area contributed by atoms with E-state index in [4.69, 9.17) is 9.72 Å². The largest absolute Gasteiger partial charge is 0.495 e. The molecule has 2 heterocycles. The summed E-state index contributed by atoms with van der Waals surface area (Å²) < 4.78 is 5.66. The standard InChI is InChI=1S/C47H66N10O7/c1-6-39-46(63)56(4)40-28-50-47(54-44(40)57(39)35-16-10-11-17-35)53-38-22-21-33(27-41(38)64-5)45(62)49-26-14-25-48-24-12-8-7-9-19-43(61)52-37-18-13-15-34(30-58)36(37)29-55(3)32(2)20-23-42(60)51-31-59/h13,15,18,21-22,27-28,30-32,35,39,48H,6-12,14,16-17,19-20,23-26,29H2,1-5H3,(H,49,62)(H,52,61)(H,50,53,54)(H,51,59,60). The van der Waals surface area contributed by atoms with E-state index >= 15 is 0 Å². The lowest BCUT2D eigenvalue weighted by atomic mass is 10.0. The van der Waals surface area contributed by atoms with Crippen molar-refractivity contribution in [3.63, 3.8) is 0 Å². The van der Waals surface area contributed by atoms with Gasteiger partial charge in [-0.15, -0.1) is 0 Å². The molecule has 64 heavy (non-hydrogen) atoms. The van der Waals surface area contributed by atoms with Crippen LogP contribution in [0.1, 0.15) is 124 Å². The maximum Gasteiger partial charge on any atom is 0.251 e. The van der Waals surface area contributed by atoms with Crippen LogP contribution < -0.4 is 41.1 Å². The zero-order valence-corrected chi connectivity index (χ0v) is 38.0. The average Bonchev–Trinajstić information content (AvgIpc) is 3.83. The Hall–Kier alpha value is -5.94. The number of rotatable bonds is 26. The Balaban J connectivity index is 0.982. The van der Waals surface area contributed by atoms with Gasteiger partial charge in [-0.2, -0.15) is 4.98 Å². The van der Waals surface area contributed by atoms with E-state index in [1.807, 2.05) is 25.8 Å². The number of methoxy groups -OCH3 is 1. The van der Waals surface area contributed by atoms with Gasteiger partial charge in [0.1, 0.15) is 23.8 Å². The van der Waals surface area contributed by atoms with Crippen LogP contribution in [0.2, 0.25) is 0 Å². The Kier molecular flexibility index (Phi) is 19.0. The number of amides is 5. The van der Waals surface area contributed by atoms with Crippen LogP contribution in [0.25, 0.3) is 0 Å². The van der Waals surface area contributed by atoms with Gasteiger partial charge in [-0.3, -0.25) is 39.0 Å². The van der Waals surface area contributed by atoms with Gasteiger partial charge in [0, 0.05) is 67.4 Å². The van der Waals surface area contributed by atoms with E-state index in [9.17, 15) is 28.8 Å². The highest BCUT2D eigenvalue weighted by Gasteiger charge is 2.41. The zero-order valence-electron chi connectivity index (χ0n) is 38.0. The molecular weight excluding hydrogens is 817 g/mol. The SMILES string of the molecule is CCC1C(=O)N(C)c2cnc(Nc3ccc(C(=O)NCCCNCCCCCCC(=O)Nc4cccc(C=O)c4CN(C)C(C)CCC(=O)NC=O)cc3OC)nc2N1C1CCCC1. The Morgan fingerprint density at radius 3 is 2.47 bits per heavy atom. The molecule has 0 radical (unpaired) electrons. The number of carbonyl (C=O) groups is 6. The second kappa shape index (κ2) is 24.8. The highest BCUT2D eigenvalue weighted by atomic mass is 16.5. The first-order valence-corrected chi connectivity index (χ1v) is 22.7. The number of unbranched alkanes of at least 4 members (excludes halogenated alkanes) is 3.